The van der Waals surface area contributed by atoms with E-state index < -0.39 is 0 Å². The molecule has 1 aromatic carbocycles. The molecule has 1 aliphatic carbocycles. The van der Waals surface area contributed by atoms with Gasteiger partial charge < -0.3 is 14.4 Å². The number of rotatable bonds is 8. The second-order valence-electron chi connectivity index (χ2n) is 5.95. The number of hydrogen-bond donors (Lipinski definition) is 0. The van der Waals surface area contributed by atoms with Gasteiger partial charge in [0, 0.05) is 17.0 Å². The van der Waals surface area contributed by atoms with E-state index in [2.05, 4.69) is 6.07 Å². The Labute approximate surface area is 152 Å². The summed E-state index contributed by atoms with van der Waals surface area (Å²) in [5.41, 5.74) is 0.921. The molecule has 0 bridgehead atoms. The van der Waals surface area contributed by atoms with Crippen LogP contribution in [0.1, 0.15) is 30.2 Å². The molecule has 25 heavy (non-hydrogen) atoms. The predicted octanol–water partition coefficient (Wildman–Crippen LogP) is 4.36. The van der Waals surface area contributed by atoms with Crippen molar-refractivity contribution in [2.45, 2.75) is 32.4 Å². The van der Waals surface area contributed by atoms with Gasteiger partial charge in [0.1, 0.15) is 0 Å². The van der Waals surface area contributed by atoms with E-state index in [1.165, 1.54) is 4.88 Å². The largest absolute Gasteiger partial charge is 0.493 e. The second kappa shape index (κ2) is 8.21. The number of carbonyl (C=O) groups is 1. The molecule has 132 valence electrons. The third-order valence-corrected chi connectivity index (χ3v) is 4.94. The first-order valence-electron chi connectivity index (χ1n) is 8.53. The number of benzene rings is 1. The lowest BCUT2D eigenvalue weighted by Crippen LogP contribution is -2.30. The Hall–Kier alpha value is -2.27. The van der Waals surface area contributed by atoms with Gasteiger partial charge in [0.25, 0.3) is 0 Å². The molecular weight excluding hydrogens is 334 g/mol. The molecule has 3 rings (SSSR count). The highest BCUT2D eigenvalue weighted by atomic mass is 32.1. The quantitative estimate of drug-likeness (QED) is 0.659. The number of methoxy groups -OCH3 is 1. The van der Waals surface area contributed by atoms with Crippen LogP contribution in [0, 0.1) is 0 Å². The lowest BCUT2D eigenvalue weighted by molar-refractivity contribution is -0.127. The second-order valence-corrected chi connectivity index (χ2v) is 6.99. The smallest absolute Gasteiger partial charge is 0.247 e. The summed E-state index contributed by atoms with van der Waals surface area (Å²) < 4.78 is 10.9. The van der Waals surface area contributed by atoms with E-state index in [1.54, 1.807) is 24.5 Å². The van der Waals surface area contributed by atoms with E-state index in [-0.39, 0.29) is 5.91 Å². The topological polar surface area (TPSA) is 38.8 Å². The van der Waals surface area contributed by atoms with Crippen molar-refractivity contribution < 1.29 is 14.3 Å². The fourth-order valence-corrected chi connectivity index (χ4v) is 3.37. The summed E-state index contributed by atoms with van der Waals surface area (Å²) in [4.78, 5) is 15.8. The van der Waals surface area contributed by atoms with Crippen molar-refractivity contribution in [3.63, 3.8) is 0 Å². The van der Waals surface area contributed by atoms with Crippen LogP contribution in [-0.2, 0) is 11.3 Å². The molecule has 5 heteroatoms. The third-order valence-electron chi connectivity index (χ3n) is 4.08. The first-order chi connectivity index (χ1) is 12.2. The molecule has 0 unspecified atom stereocenters. The Balaban J connectivity index is 1.71. The van der Waals surface area contributed by atoms with E-state index in [0.29, 0.717) is 30.7 Å². The normalized spacial score (nSPS) is 13.8. The summed E-state index contributed by atoms with van der Waals surface area (Å²) in [7, 11) is 1.62. The van der Waals surface area contributed by atoms with Crippen LogP contribution in [0.25, 0.3) is 6.08 Å². The van der Waals surface area contributed by atoms with Crippen molar-refractivity contribution in [1.29, 1.82) is 0 Å². The van der Waals surface area contributed by atoms with Crippen molar-refractivity contribution >= 4 is 23.3 Å². The number of thiophene rings is 1. The minimum atomic E-state index is 0.0599. The summed E-state index contributed by atoms with van der Waals surface area (Å²) in [5.74, 6) is 1.45. The minimum Gasteiger partial charge on any atom is -0.493 e. The lowest BCUT2D eigenvalue weighted by atomic mass is 10.2. The van der Waals surface area contributed by atoms with Gasteiger partial charge in [-0.05, 0) is 55.0 Å². The molecule has 2 aromatic rings. The van der Waals surface area contributed by atoms with Gasteiger partial charge in [-0.1, -0.05) is 12.1 Å². The Kier molecular flexibility index (Phi) is 5.76. The standard InChI is InChI=1S/C20H23NO3S/c1-3-24-19-13-15(6-10-18(19)23-2)7-11-20(22)21(16-8-9-16)14-17-5-4-12-25-17/h4-7,10-13,16H,3,8-9,14H2,1-2H3/b11-7+. The first kappa shape index (κ1) is 17.5. The van der Waals surface area contributed by atoms with Gasteiger partial charge in [-0.15, -0.1) is 11.3 Å². The van der Waals surface area contributed by atoms with E-state index in [0.717, 1.165) is 18.4 Å². The Morgan fingerprint density at radius 3 is 2.80 bits per heavy atom. The van der Waals surface area contributed by atoms with Crippen molar-refractivity contribution in [3.05, 3.63) is 52.2 Å². The molecule has 1 aliphatic rings. The highest BCUT2D eigenvalue weighted by Crippen LogP contribution is 2.30. The summed E-state index contributed by atoms with van der Waals surface area (Å²) in [6.45, 7) is 3.20. The van der Waals surface area contributed by atoms with Gasteiger partial charge in [0.2, 0.25) is 5.91 Å². The van der Waals surface area contributed by atoms with Gasteiger partial charge in [-0.2, -0.15) is 0 Å². The van der Waals surface area contributed by atoms with Gasteiger partial charge in [0.15, 0.2) is 11.5 Å². The molecule has 0 saturated heterocycles. The monoisotopic (exact) mass is 357 g/mol. The molecule has 0 atom stereocenters. The van der Waals surface area contributed by atoms with Crippen molar-refractivity contribution in [1.82, 2.24) is 4.90 Å². The van der Waals surface area contributed by atoms with Crippen LogP contribution in [0.2, 0.25) is 0 Å². The summed E-state index contributed by atoms with van der Waals surface area (Å²) in [5, 5.41) is 2.05. The lowest BCUT2D eigenvalue weighted by Gasteiger charge is -2.20. The average Bonchev–Trinajstić information content (AvgIpc) is 3.33. The fourth-order valence-electron chi connectivity index (χ4n) is 2.67. The summed E-state index contributed by atoms with van der Waals surface area (Å²) >= 11 is 1.69. The predicted molar refractivity (Wildman–Crippen MR) is 101 cm³/mol. The SMILES string of the molecule is CCOc1cc(/C=C/C(=O)N(Cc2cccs2)C2CC2)ccc1OC. The number of amides is 1. The van der Waals surface area contributed by atoms with Gasteiger partial charge in [-0.25, -0.2) is 0 Å². The van der Waals surface area contributed by atoms with Crippen molar-refractivity contribution in [2.24, 2.45) is 0 Å². The Morgan fingerprint density at radius 1 is 1.32 bits per heavy atom. The molecule has 0 spiro atoms. The molecule has 1 saturated carbocycles. The van der Waals surface area contributed by atoms with E-state index >= 15 is 0 Å². The van der Waals surface area contributed by atoms with E-state index in [9.17, 15) is 4.79 Å². The third kappa shape index (κ3) is 4.63. The first-order valence-corrected chi connectivity index (χ1v) is 9.41. The maximum absolute atomic E-state index is 12.6. The van der Waals surface area contributed by atoms with Crippen LogP contribution in [-0.4, -0.2) is 30.6 Å². The zero-order chi connectivity index (χ0) is 17.6. The molecule has 1 heterocycles. The van der Waals surface area contributed by atoms with Gasteiger partial charge in [0.05, 0.1) is 20.3 Å². The maximum atomic E-state index is 12.6. The molecule has 4 nitrogen and oxygen atoms in total. The van der Waals surface area contributed by atoms with Crippen LogP contribution in [0.4, 0.5) is 0 Å². The van der Waals surface area contributed by atoms with Crippen LogP contribution in [0.5, 0.6) is 11.5 Å². The molecule has 0 aliphatic heterocycles. The minimum absolute atomic E-state index is 0.0599. The van der Waals surface area contributed by atoms with Crippen LogP contribution in [0.3, 0.4) is 0 Å². The molecule has 1 aromatic heterocycles. The number of ether oxygens (including phenoxy) is 2. The summed E-state index contributed by atoms with van der Waals surface area (Å²) in [6, 6.07) is 10.2. The summed E-state index contributed by atoms with van der Waals surface area (Å²) in [6.07, 6.45) is 5.70. The van der Waals surface area contributed by atoms with Crippen LogP contribution < -0.4 is 9.47 Å². The number of carbonyl (C=O) groups excluding carboxylic acids is 1. The Bertz CT molecular complexity index is 735. The highest BCUT2D eigenvalue weighted by Gasteiger charge is 2.31. The molecule has 1 fully saturated rings. The fraction of sp³-hybridized carbons (Fsp3) is 0.350. The molecule has 1 amide bonds. The zero-order valence-corrected chi connectivity index (χ0v) is 15.4. The van der Waals surface area contributed by atoms with Crippen LogP contribution in [0.15, 0.2) is 41.8 Å². The zero-order valence-electron chi connectivity index (χ0n) is 14.6. The maximum Gasteiger partial charge on any atom is 0.247 e. The number of hydrogen-bond acceptors (Lipinski definition) is 4. The number of nitrogens with zero attached hydrogens (tertiary/aromatic N) is 1. The highest BCUT2D eigenvalue weighted by molar-refractivity contribution is 7.09. The van der Waals surface area contributed by atoms with Gasteiger partial charge >= 0.3 is 0 Å². The molecular formula is C20H23NO3S. The average molecular weight is 357 g/mol. The molecule has 0 N–H and O–H groups in total. The Morgan fingerprint density at radius 2 is 2.16 bits per heavy atom. The van der Waals surface area contributed by atoms with E-state index in [4.69, 9.17) is 9.47 Å². The van der Waals surface area contributed by atoms with E-state index in [1.807, 2.05) is 47.5 Å². The van der Waals surface area contributed by atoms with Gasteiger partial charge in [-0.3, -0.25) is 4.79 Å². The van der Waals surface area contributed by atoms with Crippen molar-refractivity contribution in [2.75, 3.05) is 13.7 Å². The molecule has 0 radical (unpaired) electrons. The van der Waals surface area contributed by atoms with Crippen LogP contribution >= 0.6 is 11.3 Å². The van der Waals surface area contributed by atoms with Crippen molar-refractivity contribution in [3.8, 4) is 11.5 Å².